The van der Waals surface area contributed by atoms with Gasteiger partial charge in [-0.3, -0.25) is 4.90 Å². The number of hydrogen-bond acceptors (Lipinski definition) is 5. The maximum absolute atomic E-state index is 5.62. The standard InChI is InChI=1S/C17H23N3O2/c1-18-14-4-3-9-20(10-14)11-15-12-22-17(19-15)13-5-7-16(21-2)8-6-13/h5-8,12,14,18H,3-4,9-11H2,1-2H3. The van der Waals surface area contributed by atoms with Crippen LogP contribution < -0.4 is 10.1 Å². The summed E-state index contributed by atoms with van der Waals surface area (Å²) in [6.07, 6.45) is 4.25. The molecule has 1 aliphatic heterocycles. The van der Waals surface area contributed by atoms with Crippen LogP contribution in [0.1, 0.15) is 18.5 Å². The molecule has 1 saturated heterocycles. The summed E-state index contributed by atoms with van der Waals surface area (Å²) >= 11 is 0. The third-order valence-corrected chi connectivity index (χ3v) is 4.19. The number of likely N-dealkylation sites (N-methyl/N-ethyl adjacent to an activating group) is 1. The van der Waals surface area contributed by atoms with Gasteiger partial charge in [-0.1, -0.05) is 0 Å². The summed E-state index contributed by atoms with van der Waals surface area (Å²) in [5, 5.41) is 3.36. The van der Waals surface area contributed by atoms with Gasteiger partial charge in [-0.15, -0.1) is 0 Å². The van der Waals surface area contributed by atoms with Crippen molar-refractivity contribution in [2.45, 2.75) is 25.4 Å². The van der Waals surface area contributed by atoms with Gasteiger partial charge in [-0.25, -0.2) is 4.98 Å². The van der Waals surface area contributed by atoms with Crippen molar-refractivity contribution >= 4 is 0 Å². The lowest BCUT2D eigenvalue weighted by Gasteiger charge is -2.31. The minimum atomic E-state index is 0.585. The summed E-state index contributed by atoms with van der Waals surface area (Å²) in [5.41, 5.74) is 1.96. The molecular formula is C17H23N3O2. The fraction of sp³-hybridized carbons (Fsp3) is 0.471. The van der Waals surface area contributed by atoms with Crippen molar-refractivity contribution in [1.29, 1.82) is 0 Å². The minimum absolute atomic E-state index is 0.585. The average Bonchev–Trinajstić information content (AvgIpc) is 3.03. The molecule has 0 aliphatic carbocycles. The van der Waals surface area contributed by atoms with Gasteiger partial charge in [0.1, 0.15) is 12.0 Å². The first-order chi connectivity index (χ1) is 10.8. The second kappa shape index (κ2) is 6.94. The molecule has 0 saturated carbocycles. The van der Waals surface area contributed by atoms with Gasteiger partial charge in [0.05, 0.1) is 12.8 Å². The van der Waals surface area contributed by atoms with Crippen LogP contribution in [-0.4, -0.2) is 43.2 Å². The lowest BCUT2D eigenvalue weighted by Crippen LogP contribution is -2.43. The molecule has 5 heteroatoms. The highest BCUT2D eigenvalue weighted by Gasteiger charge is 2.19. The Balaban J connectivity index is 1.65. The first-order valence-corrected chi connectivity index (χ1v) is 7.77. The summed E-state index contributed by atoms with van der Waals surface area (Å²) in [6, 6.07) is 8.35. The molecule has 2 heterocycles. The predicted octanol–water partition coefficient (Wildman–Crippen LogP) is 2.53. The van der Waals surface area contributed by atoms with Crippen LogP contribution in [0.25, 0.3) is 11.5 Å². The van der Waals surface area contributed by atoms with Crippen LogP contribution in [0.3, 0.4) is 0 Å². The molecule has 3 rings (SSSR count). The number of ether oxygens (including phenoxy) is 1. The second-order valence-corrected chi connectivity index (χ2v) is 5.74. The van der Waals surface area contributed by atoms with E-state index in [0.717, 1.165) is 36.6 Å². The molecule has 0 bridgehead atoms. The summed E-state index contributed by atoms with van der Waals surface area (Å²) in [6.45, 7) is 3.04. The molecule has 0 radical (unpaired) electrons. The molecule has 1 fully saturated rings. The topological polar surface area (TPSA) is 50.5 Å². The van der Waals surface area contributed by atoms with Gasteiger partial charge in [-0.05, 0) is 50.7 Å². The smallest absolute Gasteiger partial charge is 0.226 e. The van der Waals surface area contributed by atoms with E-state index in [1.807, 2.05) is 31.3 Å². The first-order valence-electron chi connectivity index (χ1n) is 7.77. The van der Waals surface area contributed by atoms with E-state index in [1.165, 1.54) is 12.8 Å². The number of oxazole rings is 1. The lowest BCUT2D eigenvalue weighted by atomic mass is 10.1. The van der Waals surface area contributed by atoms with Crippen molar-refractivity contribution < 1.29 is 9.15 Å². The van der Waals surface area contributed by atoms with Crippen LogP contribution in [0.15, 0.2) is 34.9 Å². The fourth-order valence-electron chi connectivity index (χ4n) is 2.91. The third kappa shape index (κ3) is 3.48. The van der Waals surface area contributed by atoms with E-state index in [0.29, 0.717) is 11.9 Å². The average molecular weight is 301 g/mol. The van der Waals surface area contributed by atoms with Crippen LogP contribution in [0.4, 0.5) is 0 Å². The van der Waals surface area contributed by atoms with E-state index in [9.17, 15) is 0 Å². The summed E-state index contributed by atoms with van der Waals surface area (Å²) in [5.74, 6) is 1.50. The third-order valence-electron chi connectivity index (χ3n) is 4.19. The van der Waals surface area contributed by atoms with Gasteiger partial charge in [0.15, 0.2) is 0 Å². The summed E-state index contributed by atoms with van der Waals surface area (Å²) < 4.78 is 10.8. The second-order valence-electron chi connectivity index (χ2n) is 5.74. The highest BCUT2D eigenvalue weighted by Crippen LogP contribution is 2.22. The molecule has 22 heavy (non-hydrogen) atoms. The van der Waals surface area contributed by atoms with Crippen molar-refractivity contribution in [3.05, 3.63) is 36.2 Å². The Morgan fingerprint density at radius 2 is 2.18 bits per heavy atom. The molecule has 2 aromatic rings. The van der Waals surface area contributed by atoms with E-state index in [1.54, 1.807) is 13.4 Å². The lowest BCUT2D eigenvalue weighted by molar-refractivity contribution is 0.186. The SMILES string of the molecule is CNC1CCCN(Cc2coc(-c3ccc(OC)cc3)n2)C1. The maximum atomic E-state index is 5.62. The van der Waals surface area contributed by atoms with Crippen LogP contribution in [0, 0.1) is 0 Å². The van der Waals surface area contributed by atoms with Crippen LogP contribution in [0.5, 0.6) is 5.75 Å². The Hall–Kier alpha value is -1.85. The zero-order valence-electron chi connectivity index (χ0n) is 13.2. The quantitative estimate of drug-likeness (QED) is 0.919. The van der Waals surface area contributed by atoms with E-state index in [2.05, 4.69) is 15.2 Å². The highest BCUT2D eigenvalue weighted by molar-refractivity contribution is 5.54. The molecule has 1 atom stereocenters. The van der Waals surface area contributed by atoms with Gasteiger partial charge in [0.25, 0.3) is 0 Å². The van der Waals surface area contributed by atoms with Crippen molar-refractivity contribution in [1.82, 2.24) is 15.2 Å². The number of nitrogens with zero attached hydrogens (tertiary/aromatic N) is 2. The van der Waals surface area contributed by atoms with Gasteiger partial charge < -0.3 is 14.5 Å². The molecule has 1 N–H and O–H groups in total. The van der Waals surface area contributed by atoms with Crippen molar-refractivity contribution in [2.24, 2.45) is 0 Å². The first kappa shape index (κ1) is 15.1. The van der Waals surface area contributed by atoms with E-state index in [4.69, 9.17) is 9.15 Å². The monoisotopic (exact) mass is 301 g/mol. The number of likely N-dealkylation sites (tertiary alicyclic amines) is 1. The molecule has 0 spiro atoms. The van der Waals surface area contributed by atoms with Gasteiger partial charge in [-0.2, -0.15) is 0 Å². The Morgan fingerprint density at radius 3 is 2.91 bits per heavy atom. The summed E-state index contributed by atoms with van der Waals surface area (Å²) in [7, 11) is 3.70. The zero-order valence-corrected chi connectivity index (χ0v) is 13.2. The molecule has 1 aromatic heterocycles. The molecule has 1 aromatic carbocycles. The Labute approximate surface area is 131 Å². The van der Waals surface area contributed by atoms with Crippen molar-refractivity contribution in [3.63, 3.8) is 0 Å². The Bertz CT molecular complexity index is 594. The van der Waals surface area contributed by atoms with Crippen LogP contribution in [0.2, 0.25) is 0 Å². The number of nitrogens with one attached hydrogen (secondary N) is 1. The highest BCUT2D eigenvalue weighted by atomic mass is 16.5. The number of rotatable bonds is 5. The number of aromatic nitrogens is 1. The molecule has 1 unspecified atom stereocenters. The van der Waals surface area contributed by atoms with Crippen molar-refractivity contribution in [2.75, 3.05) is 27.2 Å². The number of benzene rings is 1. The fourth-order valence-corrected chi connectivity index (χ4v) is 2.91. The van der Waals surface area contributed by atoms with E-state index in [-0.39, 0.29) is 0 Å². The Kier molecular flexibility index (Phi) is 4.75. The predicted molar refractivity (Wildman–Crippen MR) is 85.8 cm³/mol. The molecule has 1 aliphatic rings. The Morgan fingerprint density at radius 1 is 1.36 bits per heavy atom. The molecule has 5 nitrogen and oxygen atoms in total. The van der Waals surface area contributed by atoms with E-state index >= 15 is 0 Å². The van der Waals surface area contributed by atoms with E-state index < -0.39 is 0 Å². The molecule has 118 valence electrons. The zero-order chi connectivity index (χ0) is 15.4. The molecule has 0 amide bonds. The summed E-state index contributed by atoms with van der Waals surface area (Å²) in [4.78, 5) is 7.04. The number of piperidine rings is 1. The normalized spacial score (nSPS) is 19.3. The van der Waals surface area contributed by atoms with Crippen LogP contribution >= 0.6 is 0 Å². The molecular weight excluding hydrogens is 278 g/mol. The maximum Gasteiger partial charge on any atom is 0.226 e. The van der Waals surface area contributed by atoms with Gasteiger partial charge >= 0.3 is 0 Å². The van der Waals surface area contributed by atoms with Crippen LogP contribution in [-0.2, 0) is 6.54 Å². The number of methoxy groups -OCH3 is 1. The van der Waals surface area contributed by atoms with Crippen molar-refractivity contribution in [3.8, 4) is 17.2 Å². The minimum Gasteiger partial charge on any atom is -0.497 e. The van der Waals surface area contributed by atoms with Gasteiger partial charge in [0.2, 0.25) is 5.89 Å². The largest absolute Gasteiger partial charge is 0.497 e. The number of hydrogen-bond donors (Lipinski definition) is 1. The van der Waals surface area contributed by atoms with Gasteiger partial charge in [0, 0.05) is 24.7 Å².